The third-order valence-electron chi connectivity index (χ3n) is 4.87. The number of carbonyl (C=O) groups excluding carboxylic acids is 2. The lowest BCUT2D eigenvalue weighted by Gasteiger charge is -2.25. The zero-order chi connectivity index (χ0) is 16.4. The Balaban J connectivity index is 1.86. The summed E-state index contributed by atoms with van der Waals surface area (Å²) in [6.45, 7) is 3.47. The van der Waals surface area contributed by atoms with Gasteiger partial charge < -0.3 is 9.88 Å². The van der Waals surface area contributed by atoms with Crippen LogP contribution in [0.25, 0.3) is 10.9 Å². The van der Waals surface area contributed by atoms with E-state index < -0.39 is 0 Å². The molecular weight excluding hydrogens is 288 g/mol. The molecule has 1 aliphatic carbocycles. The van der Waals surface area contributed by atoms with E-state index in [1.807, 2.05) is 42.0 Å². The maximum atomic E-state index is 12.6. The fraction of sp³-hybridized carbons (Fsp3) is 0.474. The molecule has 4 heteroatoms. The van der Waals surface area contributed by atoms with Crippen molar-refractivity contribution in [2.24, 2.45) is 0 Å². The van der Waals surface area contributed by atoms with Crippen molar-refractivity contribution < 1.29 is 9.59 Å². The fourth-order valence-corrected chi connectivity index (χ4v) is 3.50. The van der Waals surface area contributed by atoms with Gasteiger partial charge in [0.15, 0.2) is 5.78 Å². The Morgan fingerprint density at radius 3 is 2.57 bits per heavy atom. The average molecular weight is 312 g/mol. The van der Waals surface area contributed by atoms with E-state index in [0.29, 0.717) is 11.6 Å². The lowest BCUT2D eigenvalue weighted by atomic mass is 9.95. The zero-order valence-corrected chi connectivity index (χ0v) is 13.8. The van der Waals surface area contributed by atoms with Crippen LogP contribution in [-0.4, -0.2) is 22.3 Å². The summed E-state index contributed by atoms with van der Waals surface area (Å²) in [5.41, 5.74) is 1.61. The first-order chi connectivity index (χ1) is 11.1. The first kappa shape index (κ1) is 15.8. The highest BCUT2D eigenvalue weighted by atomic mass is 16.2. The molecule has 0 bridgehead atoms. The number of Topliss-reactive ketones (excluding diaryl/α,β-unsaturated/α-hetero) is 1. The first-order valence-electron chi connectivity index (χ1n) is 8.49. The number of nitrogens with zero attached hydrogens (tertiary/aromatic N) is 1. The minimum absolute atomic E-state index is 0.0276. The van der Waals surface area contributed by atoms with E-state index in [2.05, 4.69) is 5.32 Å². The summed E-state index contributed by atoms with van der Waals surface area (Å²) >= 11 is 0. The molecule has 0 spiro atoms. The number of benzene rings is 1. The molecule has 1 aromatic carbocycles. The van der Waals surface area contributed by atoms with Gasteiger partial charge in [-0.25, -0.2) is 0 Å². The normalized spacial score (nSPS) is 17.1. The summed E-state index contributed by atoms with van der Waals surface area (Å²) in [4.78, 5) is 24.5. The number of nitrogens with one attached hydrogen (secondary N) is 1. The summed E-state index contributed by atoms with van der Waals surface area (Å²) in [5.74, 6) is 0.0626. The second-order valence-electron chi connectivity index (χ2n) is 6.54. The Bertz CT molecular complexity index is 726. The molecule has 1 amide bonds. The Kier molecular flexibility index (Phi) is 4.51. The maximum Gasteiger partial charge on any atom is 0.242 e. The van der Waals surface area contributed by atoms with Crippen molar-refractivity contribution in [3.63, 3.8) is 0 Å². The number of amides is 1. The van der Waals surface area contributed by atoms with Gasteiger partial charge in [0.25, 0.3) is 0 Å². The van der Waals surface area contributed by atoms with Crippen LogP contribution in [0.1, 0.15) is 62.4 Å². The average Bonchev–Trinajstić information content (AvgIpc) is 2.95. The molecule has 0 radical (unpaired) electrons. The predicted octanol–water partition coefficient (Wildman–Crippen LogP) is 3.85. The predicted molar refractivity (Wildman–Crippen MR) is 91.7 cm³/mol. The molecule has 23 heavy (non-hydrogen) atoms. The van der Waals surface area contributed by atoms with Crippen LogP contribution < -0.4 is 5.32 Å². The lowest BCUT2D eigenvalue weighted by molar-refractivity contribution is -0.124. The number of rotatable bonds is 4. The summed E-state index contributed by atoms with van der Waals surface area (Å²) < 4.78 is 1.92. The minimum Gasteiger partial charge on any atom is -0.352 e. The standard InChI is InChI=1S/C19H24N2O2/c1-13(19(23)20-15-8-4-3-5-9-15)21-12-17(14(2)22)16-10-6-7-11-18(16)21/h6-7,10-13,15H,3-5,8-9H2,1-2H3,(H,20,23)/t13-/m0/s1. The topological polar surface area (TPSA) is 51.1 Å². The second kappa shape index (κ2) is 6.57. The molecule has 1 aromatic heterocycles. The van der Waals surface area contributed by atoms with Crippen molar-refractivity contribution in [2.75, 3.05) is 0 Å². The number of ketones is 1. The molecule has 1 N–H and O–H groups in total. The molecule has 4 nitrogen and oxygen atoms in total. The van der Waals surface area contributed by atoms with Crippen LogP contribution in [0.4, 0.5) is 0 Å². The van der Waals surface area contributed by atoms with Crippen molar-refractivity contribution in [2.45, 2.75) is 58.0 Å². The molecule has 0 unspecified atom stereocenters. The highest BCUT2D eigenvalue weighted by Crippen LogP contribution is 2.26. The first-order valence-corrected chi connectivity index (χ1v) is 8.49. The Labute approximate surface area is 136 Å². The fourth-order valence-electron chi connectivity index (χ4n) is 3.50. The van der Waals surface area contributed by atoms with Crippen molar-refractivity contribution in [3.05, 3.63) is 36.0 Å². The molecule has 0 saturated heterocycles. The molecule has 1 atom stereocenters. The quantitative estimate of drug-likeness (QED) is 0.872. The van der Waals surface area contributed by atoms with Gasteiger partial charge in [-0.2, -0.15) is 0 Å². The minimum atomic E-state index is -0.324. The highest BCUT2D eigenvalue weighted by Gasteiger charge is 2.23. The molecular formula is C19H24N2O2. The van der Waals surface area contributed by atoms with Gasteiger partial charge >= 0.3 is 0 Å². The molecule has 1 heterocycles. The number of hydrogen-bond donors (Lipinski definition) is 1. The van der Waals surface area contributed by atoms with Crippen molar-refractivity contribution in [1.29, 1.82) is 0 Å². The molecule has 2 aromatic rings. The van der Waals surface area contributed by atoms with Gasteiger partial charge in [-0.05, 0) is 32.8 Å². The highest BCUT2D eigenvalue weighted by molar-refractivity contribution is 6.07. The van der Waals surface area contributed by atoms with Crippen LogP contribution in [0.2, 0.25) is 0 Å². The van der Waals surface area contributed by atoms with E-state index in [9.17, 15) is 9.59 Å². The Hall–Kier alpha value is -2.10. The van der Waals surface area contributed by atoms with Gasteiger partial charge in [-0.3, -0.25) is 9.59 Å². The van der Waals surface area contributed by atoms with Crippen LogP contribution in [0.5, 0.6) is 0 Å². The van der Waals surface area contributed by atoms with E-state index in [1.165, 1.54) is 19.3 Å². The summed E-state index contributed by atoms with van der Waals surface area (Å²) in [6.07, 6.45) is 7.62. The van der Waals surface area contributed by atoms with Gasteiger partial charge in [-0.1, -0.05) is 37.5 Å². The number of fused-ring (bicyclic) bond motifs is 1. The van der Waals surface area contributed by atoms with E-state index >= 15 is 0 Å². The van der Waals surface area contributed by atoms with E-state index in [1.54, 1.807) is 6.92 Å². The molecule has 3 rings (SSSR count). The number of para-hydroxylation sites is 1. The molecule has 1 aliphatic rings. The number of carbonyl (C=O) groups is 2. The van der Waals surface area contributed by atoms with Crippen LogP contribution in [0.15, 0.2) is 30.5 Å². The monoisotopic (exact) mass is 312 g/mol. The zero-order valence-electron chi connectivity index (χ0n) is 13.8. The van der Waals surface area contributed by atoms with Crippen molar-refractivity contribution in [1.82, 2.24) is 9.88 Å². The van der Waals surface area contributed by atoms with Gasteiger partial charge in [0.05, 0.1) is 0 Å². The van der Waals surface area contributed by atoms with E-state index in [4.69, 9.17) is 0 Å². The number of hydrogen-bond acceptors (Lipinski definition) is 2. The molecule has 1 saturated carbocycles. The van der Waals surface area contributed by atoms with Crippen LogP contribution in [0.3, 0.4) is 0 Å². The third-order valence-corrected chi connectivity index (χ3v) is 4.87. The summed E-state index contributed by atoms with van der Waals surface area (Å²) in [7, 11) is 0. The Morgan fingerprint density at radius 1 is 1.17 bits per heavy atom. The summed E-state index contributed by atoms with van der Waals surface area (Å²) in [5, 5.41) is 4.09. The second-order valence-corrected chi connectivity index (χ2v) is 6.54. The smallest absolute Gasteiger partial charge is 0.242 e. The van der Waals surface area contributed by atoms with Gasteiger partial charge in [0.2, 0.25) is 5.91 Å². The lowest BCUT2D eigenvalue weighted by Crippen LogP contribution is -2.39. The van der Waals surface area contributed by atoms with Crippen LogP contribution >= 0.6 is 0 Å². The largest absolute Gasteiger partial charge is 0.352 e. The summed E-state index contributed by atoms with van der Waals surface area (Å²) in [6, 6.07) is 7.74. The van der Waals surface area contributed by atoms with Gasteiger partial charge in [0, 0.05) is 28.7 Å². The van der Waals surface area contributed by atoms with Gasteiger partial charge in [-0.15, -0.1) is 0 Å². The van der Waals surface area contributed by atoms with Crippen molar-refractivity contribution in [3.8, 4) is 0 Å². The van der Waals surface area contributed by atoms with Crippen molar-refractivity contribution >= 4 is 22.6 Å². The Morgan fingerprint density at radius 2 is 1.87 bits per heavy atom. The van der Waals surface area contributed by atoms with Crippen LogP contribution in [-0.2, 0) is 4.79 Å². The van der Waals surface area contributed by atoms with E-state index in [0.717, 1.165) is 23.7 Å². The molecule has 0 aliphatic heterocycles. The number of aromatic nitrogens is 1. The molecule has 1 fully saturated rings. The molecule has 122 valence electrons. The third kappa shape index (κ3) is 3.16. The maximum absolute atomic E-state index is 12.6. The van der Waals surface area contributed by atoms with Crippen LogP contribution in [0, 0.1) is 0 Å². The van der Waals surface area contributed by atoms with E-state index in [-0.39, 0.29) is 17.7 Å². The SMILES string of the molecule is CC(=O)c1cn([C@@H](C)C(=O)NC2CCCCC2)c2ccccc12. The van der Waals surface area contributed by atoms with Gasteiger partial charge in [0.1, 0.15) is 6.04 Å².